The molecule has 9 heteroatoms. The molecule has 3 nitrogen and oxygen atoms in total. The van der Waals surface area contributed by atoms with Crippen LogP contribution in [0.15, 0.2) is 12.1 Å². The van der Waals surface area contributed by atoms with E-state index in [9.17, 15) is 26.3 Å². The molecule has 0 saturated heterocycles. The number of hydrogen-bond acceptors (Lipinski definition) is 2. The summed E-state index contributed by atoms with van der Waals surface area (Å²) in [5.74, 6) is -0.00942. The third-order valence-corrected chi connectivity index (χ3v) is 2.64. The topological polar surface area (TPSA) is 40.7 Å². The summed E-state index contributed by atoms with van der Waals surface area (Å²) in [6.45, 7) is 3.44. The van der Waals surface area contributed by atoms with Crippen molar-refractivity contribution in [1.29, 1.82) is 0 Å². The molecule has 0 bridgehead atoms. The summed E-state index contributed by atoms with van der Waals surface area (Å²) < 4.78 is 76.8. The van der Waals surface area contributed by atoms with Gasteiger partial charge in [-0.3, -0.25) is 0 Å². The Labute approximate surface area is 115 Å². The van der Waals surface area contributed by atoms with Gasteiger partial charge >= 0.3 is 12.4 Å². The highest BCUT2D eigenvalue weighted by Gasteiger charge is 2.39. The molecule has 0 fully saturated rings. The van der Waals surface area contributed by atoms with Gasteiger partial charge in [-0.2, -0.15) is 26.3 Å². The van der Waals surface area contributed by atoms with E-state index >= 15 is 0 Å². The van der Waals surface area contributed by atoms with E-state index in [4.69, 9.17) is 0 Å². The van der Waals surface area contributed by atoms with Crippen molar-refractivity contribution < 1.29 is 26.3 Å². The van der Waals surface area contributed by atoms with E-state index in [1.54, 1.807) is 13.8 Å². The number of benzene rings is 1. The Bertz CT molecular complexity index is 653. The molecule has 2 N–H and O–H groups in total. The van der Waals surface area contributed by atoms with Crippen LogP contribution in [0.4, 0.5) is 32.3 Å². The summed E-state index contributed by atoms with van der Waals surface area (Å²) in [6, 6.07) is 0.549. The van der Waals surface area contributed by atoms with Gasteiger partial charge in [0.25, 0.3) is 0 Å². The van der Waals surface area contributed by atoms with Crippen LogP contribution in [0, 0.1) is 0 Å². The van der Waals surface area contributed by atoms with Gasteiger partial charge in [-0.25, -0.2) is 4.98 Å². The van der Waals surface area contributed by atoms with Crippen LogP contribution >= 0.6 is 0 Å². The van der Waals surface area contributed by atoms with Gasteiger partial charge < -0.3 is 10.3 Å². The quantitative estimate of drug-likeness (QED) is 0.806. The van der Waals surface area contributed by atoms with Crippen LogP contribution in [-0.4, -0.2) is 16.0 Å². The molecular formula is C12H11F6N3. The number of hydrogen-bond donors (Lipinski definition) is 2. The Morgan fingerprint density at radius 1 is 1.05 bits per heavy atom. The molecule has 1 heterocycles. The molecule has 1 aromatic heterocycles. The molecule has 0 aliphatic heterocycles. The van der Waals surface area contributed by atoms with Crippen LogP contribution in [0.2, 0.25) is 0 Å². The summed E-state index contributed by atoms with van der Waals surface area (Å²) in [5.41, 5.74) is -3.65. The highest BCUT2D eigenvalue weighted by Crippen LogP contribution is 2.39. The first-order valence-corrected chi connectivity index (χ1v) is 5.93. The molecule has 0 radical (unpaired) electrons. The van der Waals surface area contributed by atoms with Crippen LogP contribution < -0.4 is 5.32 Å². The number of H-pyrrole nitrogens is 1. The number of halogens is 6. The van der Waals surface area contributed by atoms with E-state index in [0.29, 0.717) is 6.07 Å². The van der Waals surface area contributed by atoms with Gasteiger partial charge in [-0.15, -0.1) is 0 Å². The van der Waals surface area contributed by atoms with Gasteiger partial charge in [-0.05, 0) is 26.0 Å². The Kier molecular flexibility index (Phi) is 3.54. The molecule has 0 aliphatic carbocycles. The van der Waals surface area contributed by atoms with E-state index in [-0.39, 0.29) is 23.6 Å². The van der Waals surface area contributed by atoms with Crippen LogP contribution in [-0.2, 0) is 12.4 Å². The third-order valence-electron chi connectivity index (χ3n) is 2.64. The van der Waals surface area contributed by atoms with Crippen LogP contribution in [0.3, 0.4) is 0 Å². The normalized spacial score (nSPS) is 13.2. The Morgan fingerprint density at radius 2 is 1.67 bits per heavy atom. The number of aromatic amines is 1. The molecule has 2 aromatic rings. The lowest BCUT2D eigenvalue weighted by Crippen LogP contribution is -2.11. The zero-order valence-corrected chi connectivity index (χ0v) is 10.9. The molecule has 116 valence electrons. The SMILES string of the molecule is CC(C)Nc1nc2c(C(F)(F)F)cc(C(F)(F)F)cc2[nH]1. The predicted molar refractivity (Wildman–Crippen MR) is 64.9 cm³/mol. The molecular weight excluding hydrogens is 300 g/mol. The van der Waals surface area contributed by atoms with Gasteiger partial charge in [0.2, 0.25) is 5.95 Å². The number of anilines is 1. The van der Waals surface area contributed by atoms with E-state index in [1.165, 1.54) is 0 Å². The summed E-state index contributed by atoms with van der Waals surface area (Å²) in [7, 11) is 0. The largest absolute Gasteiger partial charge is 0.418 e. The standard InChI is InChI=1S/C12H11F6N3/c1-5(2)19-10-20-8-4-6(11(13,14)15)3-7(9(8)21-10)12(16,17)18/h3-5H,1-2H3,(H2,19,20,21). The van der Waals surface area contributed by atoms with Crippen molar-refractivity contribution >= 4 is 17.0 Å². The average molecular weight is 311 g/mol. The maximum atomic E-state index is 12.9. The summed E-state index contributed by atoms with van der Waals surface area (Å²) in [6.07, 6.45) is -9.80. The fourth-order valence-electron chi connectivity index (χ4n) is 1.84. The second kappa shape index (κ2) is 4.81. The van der Waals surface area contributed by atoms with Crippen LogP contribution in [0.5, 0.6) is 0 Å². The highest BCUT2D eigenvalue weighted by molar-refractivity contribution is 5.82. The van der Waals surface area contributed by atoms with Gasteiger partial charge in [-0.1, -0.05) is 0 Å². The van der Waals surface area contributed by atoms with E-state index in [0.717, 1.165) is 0 Å². The summed E-state index contributed by atoms with van der Waals surface area (Å²) in [4.78, 5) is 6.12. The molecule has 0 spiro atoms. The summed E-state index contributed by atoms with van der Waals surface area (Å²) in [5, 5.41) is 2.72. The zero-order valence-electron chi connectivity index (χ0n) is 10.9. The lowest BCUT2D eigenvalue weighted by molar-refractivity contribution is -0.142. The molecule has 0 saturated carbocycles. The number of aromatic nitrogens is 2. The molecule has 21 heavy (non-hydrogen) atoms. The predicted octanol–water partition coefficient (Wildman–Crippen LogP) is 4.42. The maximum Gasteiger partial charge on any atom is 0.418 e. The van der Waals surface area contributed by atoms with Gasteiger partial charge in [0.05, 0.1) is 16.6 Å². The minimum atomic E-state index is -4.93. The van der Waals surface area contributed by atoms with Crippen LogP contribution in [0.1, 0.15) is 25.0 Å². The Balaban J connectivity index is 2.69. The first kappa shape index (κ1) is 15.5. The maximum absolute atomic E-state index is 12.9. The first-order chi connectivity index (χ1) is 9.48. The van der Waals surface area contributed by atoms with Crippen molar-refractivity contribution in [2.45, 2.75) is 32.2 Å². The number of imidazole rings is 1. The summed E-state index contributed by atoms with van der Waals surface area (Å²) >= 11 is 0. The van der Waals surface area contributed by atoms with E-state index in [2.05, 4.69) is 15.3 Å². The van der Waals surface area contributed by atoms with Gasteiger partial charge in [0.1, 0.15) is 5.52 Å². The number of nitrogens with zero attached hydrogens (tertiary/aromatic N) is 1. The fraction of sp³-hybridized carbons (Fsp3) is 0.417. The number of nitrogens with one attached hydrogen (secondary N) is 2. The molecule has 0 aliphatic rings. The van der Waals surface area contributed by atoms with Crippen molar-refractivity contribution in [3.8, 4) is 0 Å². The molecule has 1 aromatic carbocycles. The van der Waals surface area contributed by atoms with E-state index in [1.807, 2.05) is 0 Å². The fourth-order valence-corrected chi connectivity index (χ4v) is 1.84. The lowest BCUT2D eigenvalue weighted by atomic mass is 10.1. The van der Waals surface area contributed by atoms with Crippen molar-refractivity contribution in [2.75, 3.05) is 5.32 Å². The minimum absolute atomic E-state index is 0.00942. The monoisotopic (exact) mass is 311 g/mol. The Morgan fingerprint density at radius 3 is 2.14 bits per heavy atom. The van der Waals surface area contributed by atoms with Crippen molar-refractivity contribution in [1.82, 2.24) is 9.97 Å². The van der Waals surface area contributed by atoms with Gasteiger partial charge in [0.15, 0.2) is 0 Å². The first-order valence-electron chi connectivity index (χ1n) is 5.93. The lowest BCUT2D eigenvalue weighted by Gasteiger charge is -2.11. The second-order valence-electron chi connectivity index (χ2n) is 4.80. The molecule has 0 unspecified atom stereocenters. The van der Waals surface area contributed by atoms with E-state index < -0.39 is 29.0 Å². The van der Waals surface area contributed by atoms with Crippen molar-refractivity contribution in [2.24, 2.45) is 0 Å². The van der Waals surface area contributed by atoms with Crippen LogP contribution in [0.25, 0.3) is 11.0 Å². The molecule has 2 rings (SSSR count). The minimum Gasteiger partial charge on any atom is -0.354 e. The smallest absolute Gasteiger partial charge is 0.354 e. The highest BCUT2D eigenvalue weighted by atomic mass is 19.4. The van der Waals surface area contributed by atoms with Crippen molar-refractivity contribution in [3.05, 3.63) is 23.3 Å². The number of rotatable bonds is 2. The number of alkyl halides is 6. The number of fused-ring (bicyclic) bond motifs is 1. The second-order valence-corrected chi connectivity index (χ2v) is 4.80. The molecule has 0 atom stereocenters. The average Bonchev–Trinajstić information content (AvgIpc) is 2.65. The van der Waals surface area contributed by atoms with Gasteiger partial charge in [0, 0.05) is 6.04 Å². The zero-order chi connectivity index (χ0) is 16.0. The molecule has 0 amide bonds. The van der Waals surface area contributed by atoms with Crippen molar-refractivity contribution in [3.63, 3.8) is 0 Å². The third kappa shape index (κ3) is 3.22. The Hall–Kier alpha value is -1.93.